The molecule has 0 aliphatic carbocycles. The average molecular weight is 592 g/mol. The molecule has 0 aromatic carbocycles. The minimum atomic E-state index is -0.332. The van der Waals surface area contributed by atoms with Crippen LogP contribution in [-0.2, 0) is 30.2 Å². The van der Waals surface area contributed by atoms with Crippen LogP contribution in [0.1, 0.15) is 81.7 Å². The van der Waals surface area contributed by atoms with Crippen LogP contribution in [0.4, 0.5) is 5.13 Å². The number of anilines is 1. The van der Waals surface area contributed by atoms with Gasteiger partial charge in [0, 0.05) is 42.3 Å². The standard InChI is InChI=1S/C20H23N5O2S.C12H22N2/c1-13-6-5-7-15(22-13)16-12-28-19(23-16)24-17(26)10-21-18(27)14-8-9-25(11-14)20(2,3)4;1-5-10(3)7-8-12-11(6-2)9-14(4)13-12/h5-9,11-12H,10H2,1-4H3,(H,21,27)(H,23,24,26);9-10H,5-8H2,1-4H3. The van der Waals surface area contributed by atoms with Gasteiger partial charge in [0.15, 0.2) is 5.13 Å². The van der Waals surface area contributed by atoms with E-state index in [2.05, 4.69) is 73.4 Å². The molecule has 4 heterocycles. The summed E-state index contributed by atoms with van der Waals surface area (Å²) in [4.78, 5) is 33.2. The number of aromatic nitrogens is 5. The second-order valence-electron chi connectivity index (χ2n) is 11.6. The average Bonchev–Trinajstić information content (AvgIpc) is 3.70. The van der Waals surface area contributed by atoms with Crippen LogP contribution >= 0.6 is 11.3 Å². The van der Waals surface area contributed by atoms with Crippen LogP contribution in [0.5, 0.6) is 0 Å². The maximum Gasteiger partial charge on any atom is 0.253 e. The Labute approximate surface area is 253 Å². The molecule has 42 heavy (non-hydrogen) atoms. The highest BCUT2D eigenvalue weighted by Gasteiger charge is 2.16. The largest absolute Gasteiger partial charge is 0.348 e. The number of hydrogen-bond acceptors (Lipinski definition) is 6. The maximum absolute atomic E-state index is 12.2. The van der Waals surface area contributed by atoms with Crippen molar-refractivity contribution in [3.63, 3.8) is 0 Å². The number of hydrogen-bond donors (Lipinski definition) is 2. The number of pyridine rings is 1. The van der Waals surface area contributed by atoms with Gasteiger partial charge in [-0.25, -0.2) is 4.98 Å². The number of nitrogens with zero attached hydrogens (tertiary/aromatic N) is 5. The number of rotatable bonds is 10. The Morgan fingerprint density at radius 3 is 2.48 bits per heavy atom. The van der Waals surface area contributed by atoms with E-state index in [4.69, 9.17) is 0 Å². The number of nitrogens with one attached hydrogen (secondary N) is 2. The molecule has 4 rings (SSSR count). The Morgan fingerprint density at radius 1 is 1.07 bits per heavy atom. The zero-order valence-corrected chi connectivity index (χ0v) is 27.0. The van der Waals surface area contributed by atoms with Gasteiger partial charge in [-0.15, -0.1) is 11.3 Å². The van der Waals surface area contributed by atoms with Gasteiger partial charge in [0.25, 0.3) is 5.91 Å². The zero-order chi connectivity index (χ0) is 30.9. The molecule has 226 valence electrons. The molecule has 4 aromatic rings. The fraction of sp³-hybridized carbons (Fsp3) is 0.469. The van der Waals surface area contributed by atoms with E-state index in [9.17, 15) is 9.59 Å². The second kappa shape index (κ2) is 14.9. The van der Waals surface area contributed by atoms with E-state index in [1.54, 1.807) is 12.3 Å². The molecule has 2 amide bonds. The Morgan fingerprint density at radius 2 is 1.83 bits per heavy atom. The third-order valence-corrected chi connectivity index (χ3v) is 7.74. The molecular weight excluding hydrogens is 546 g/mol. The van der Waals surface area contributed by atoms with Gasteiger partial charge in [0.05, 0.1) is 23.5 Å². The Balaban J connectivity index is 0.000000291. The van der Waals surface area contributed by atoms with Crippen molar-refractivity contribution in [3.05, 3.63) is 70.8 Å². The lowest BCUT2D eigenvalue weighted by atomic mass is 10.00. The van der Waals surface area contributed by atoms with Crippen molar-refractivity contribution in [2.75, 3.05) is 11.9 Å². The number of amides is 2. The SMILES string of the molecule is CCc1cn(C)nc1CCC(C)CC.Cc1cccc(-c2csc(NC(=O)CNC(=O)c3ccn(C(C)(C)C)c3)n2)n1. The Bertz CT molecular complexity index is 1460. The molecule has 0 saturated heterocycles. The van der Waals surface area contributed by atoms with Crippen LogP contribution in [0, 0.1) is 12.8 Å². The molecule has 0 aliphatic rings. The maximum atomic E-state index is 12.2. The molecule has 1 atom stereocenters. The molecule has 1 unspecified atom stereocenters. The van der Waals surface area contributed by atoms with Crippen LogP contribution in [-0.4, -0.2) is 42.7 Å². The van der Waals surface area contributed by atoms with Crippen molar-refractivity contribution < 1.29 is 9.59 Å². The summed E-state index contributed by atoms with van der Waals surface area (Å²) in [7, 11) is 2.01. The molecular formula is C32H45N7O2S. The summed E-state index contributed by atoms with van der Waals surface area (Å²) in [5, 5.41) is 12.1. The van der Waals surface area contributed by atoms with E-state index in [1.165, 1.54) is 35.4 Å². The fourth-order valence-corrected chi connectivity index (χ4v) is 4.91. The van der Waals surface area contributed by atoms with E-state index in [1.807, 2.05) is 53.0 Å². The van der Waals surface area contributed by atoms with E-state index in [-0.39, 0.29) is 23.9 Å². The summed E-state index contributed by atoms with van der Waals surface area (Å²) >= 11 is 1.32. The highest BCUT2D eigenvalue weighted by atomic mass is 32.1. The smallest absolute Gasteiger partial charge is 0.253 e. The van der Waals surface area contributed by atoms with Gasteiger partial charge in [-0.1, -0.05) is 33.3 Å². The first-order valence-corrected chi connectivity index (χ1v) is 15.4. The van der Waals surface area contributed by atoms with Gasteiger partial charge in [0.1, 0.15) is 5.69 Å². The zero-order valence-electron chi connectivity index (χ0n) is 26.2. The van der Waals surface area contributed by atoms with E-state index in [0.717, 1.165) is 30.1 Å². The number of carbonyl (C=O) groups excluding carboxylic acids is 2. The van der Waals surface area contributed by atoms with Crippen molar-refractivity contribution in [2.45, 2.75) is 79.7 Å². The molecule has 4 aromatic heterocycles. The molecule has 0 aliphatic heterocycles. The van der Waals surface area contributed by atoms with Crippen LogP contribution in [0.25, 0.3) is 11.4 Å². The van der Waals surface area contributed by atoms with Crippen LogP contribution in [0.2, 0.25) is 0 Å². The van der Waals surface area contributed by atoms with Crippen molar-refractivity contribution in [2.24, 2.45) is 13.0 Å². The van der Waals surface area contributed by atoms with E-state index < -0.39 is 0 Å². The molecule has 10 heteroatoms. The van der Waals surface area contributed by atoms with E-state index in [0.29, 0.717) is 16.4 Å². The highest BCUT2D eigenvalue weighted by Crippen LogP contribution is 2.23. The minimum Gasteiger partial charge on any atom is -0.348 e. The van der Waals surface area contributed by atoms with Gasteiger partial charge >= 0.3 is 0 Å². The quantitative estimate of drug-likeness (QED) is 0.222. The Hall–Kier alpha value is -3.79. The van der Waals surface area contributed by atoms with Crippen molar-refractivity contribution >= 4 is 28.3 Å². The highest BCUT2D eigenvalue weighted by molar-refractivity contribution is 7.14. The molecule has 0 saturated carbocycles. The molecule has 0 radical (unpaired) electrons. The monoisotopic (exact) mass is 591 g/mol. The van der Waals surface area contributed by atoms with Crippen LogP contribution in [0.15, 0.2) is 48.2 Å². The molecule has 0 bridgehead atoms. The fourth-order valence-electron chi connectivity index (χ4n) is 4.19. The summed E-state index contributed by atoms with van der Waals surface area (Å²) in [6, 6.07) is 7.44. The summed E-state index contributed by atoms with van der Waals surface area (Å²) in [6.45, 7) is 14.7. The summed E-state index contributed by atoms with van der Waals surface area (Å²) in [5.74, 6) is 0.199. The summed E-state index contributed by atoms with van der Waals surface area (Å²) in [6.07, 6.45) is 10.5. The third-order valence-electron chi connectivity index (χ3n) is 6.98. The minimum absolute atomic E-state index is 0.107. The van der Waals surface area contributed by atoms with Gasteiger partial charge < -0.3 is 15.2 Å². The number of thiazole rings is 1. The lowest BCUT2D eigenvalue weighted by Gasteiger charge is -2.20. The topological polar surface area (TPSA) is 107 Å². The first kappa shape index (κ1) is 32.7. The molecule has 2 N–H and O–H groups in total. The second-order valence-corrected chi connectivity index (χ2v) is 12.4. The van der Waals surface area contributed by atoms with E-state index >= 15 is 0 Å². The predicted octanol–water partition coefficient (Wildman–Crippen LogP) is 6.40. The van der Waals surface area contributed by atoms with Gasteiger partial charge in [-0.05, 0) is 76.6 Å². The normalized spacial score (nSPS) is 11.9. The van der Waals surface area contributed by atoms with Gasteiger partial charge in [-0.2, -0.15) is 5.10 Å². The van der Waals surface area contributed by atoms with Gasteiger partial charge in [-0.3, -0.25) is 19.3 Å². The number of aryl methyl sites for hydroxylation is 4. The predicted molar refractivity (Wildman–Crippen MR) is 171 cm³/mol. The number of carbonyl (C=O) groups is 2. The van der Waals surface area contributed by atoms with Crippen LogP contribution < -0.4 is 10.6 Å². The first-order chi connectivity index (χ1) is 19.9. The Kier molecular flexibility index (Phi) is 11.6. The summed E-state index contributed by atoms with van der Waals surface area (Å²) in [5.41, 5.74) is 5.49. The molecule has 9 nitrogen and oxygen atoms in total. The summed E-state index contributed by atoms with van der Waals surface area (Å²) < 4.78 is 3.89. The van der Waals surface area contributed by atoms with Gasteiger partial charge in [0.2, 0.25) is 5.91 Å². The van der Waals surface area contributed by atoms with Crippen molar-refractivity contribution in [1.29, 1.82) is 0 Å². The third kappa shape index (κ3) is 9.65. The first-order valence-electron chi connectivity index (χ1n) is 14.6. The molecule has 0 spiro atoms. The lowest BCUT2D eigenvalue weighted by molar-refractivity contribution is -0.115. The van der Waals surface area contributed by atoms with Crippen molar-refractivity contribution in [1.82, 2.24) is 29.6 Å². The molecule has 0 fully saturated rings. The van der Waals surface area contributed by atoms with Crippen molar-refractivity contribution in [3.8, 4) is 11.4 Å². The van der Waals surface area contributed by atoms with Crippen LogP contribution in [0.3, 0.4) is 0 Å². The lowest BCUT2D eigenvalue weighted by Crippen LogP contribution is -2.32.